The number of nitrogens with one attached hydrogen (secondary N) is 1. The molecule has 1 aromatic carbocycles. The molecule has 1 atom stereocenters. The summed E-state index contributed by atoms with van der Waals surface area (Å²) in [6, 6.07) is 12.8. The third kappa shape index (κ3) is 5.24. The predicted octanol–water partition coefficient (Wildman–Crippen LogP) is 1.37. The molecule has 0 aliphatic heterocycles. The lowest BCUT2D eigenvalue weighted by Gasteiger charge is -2.10. The highest BCUT2D eigenvalue weighted by Crippen LogP contribution is 2.15. The van der Waals surface area contributed by atoms with Crippen molar-refractivity contribution in [3.63, 3.8) is 0 Å². The maximum Gasteiger partial charge on any atom is 0.221 e. The summed E-state index contributed by atoms with van der Waals surface area (Å²) in [5.74, 6) is 0.542. The number of carbonyl (C=O) groups excluding carboxylic acids is 1. The van der Waals surface area contributed by atoms with E-state index in [1.165, 1.54) is 6.92 Å². The molecule has 1 unspecified atom stereocenters. The van der Waals surface area contributed by atoms with Crippen molar-refractivity contribution in [3.05, 3.63) is 54.9 Å². The van der Waals surface area contributed by atoms with E-state index in [-0.39, 0.29) is 12.5 Å². The van der Waals surface area contributed by atoms with Gasteiger partial charge in [0, 0.05) is 24.7 Å². The molecule has 0 fully saturated rings. The summed E-state index contributed by atoms with van der Waals surface area (Å²) in [6.07, 6.45) is 3.20. The van der Waals surface area contributed by atoms with Crippen molar-refractivity contribution in [2.75, 3.05) is 11.9 Å². The fourth-order valence-corrected chi connectivity index (χ4v) is 1.88. The van der Waals surface area contributed by atoms with Crippen LogP contribution in [0.4, 0.5) is 5.69 Å². The Balaban J connectivity index is 1.81. The molecule has 2 N–H and O–H groups in total. The van der Waals surface area contributed by atoms with Crippen molar-refractivity contribution in [2.24, 2.45) is 0 Å². The molecule has 1 aromatic heterocycles. The van der Waals surface area contributed by atoms with Gasteiger partial charge in [0.1, 0.15) is 18.5 Å². The lowest BCUT2D eigenvalue weighted by Crippen LogP contribution is -2.41. The topological polar surface area (TPSA) is 62.4 Å². The maximum absolute atomic E-state index is 10.9. The van der Waals surface area contributed by atoms with Crippen molar-refractivity contribution < 1.29 is 19.2 Å². The molecule has 5 heteroatoms. The minimum absolute atomic E-state index is 0.112. The van der Waals surface area contributed by atoms with Crippen molar-refractivity contribution in [1.29, 1.82) is 0 Å². The number of benzene rings is 1. The first-order valence-electron chi connectivity index (χ1n) is 6.76. The van der Waals surface area contributed by atoms with Crippen LogP contribution in [0.3, 0.4) is 0 Å². The number of hydrogen-bond acceptors (Lipinski definition) is 3. The largest absolute Gasteiger partial charge is 0.491 e. The molecule has 0 spiro atoms. The number of ether oxygens (including phenoxy) is 1. The van der Waals surface area contributed by atoms with Gasteiger partial charge in [-0.1, -0.05) is 6.07 Å². The third-order valence-corrected chi connectivity index (χ3v) is 2.82. The van der Waals surface area contributed by atoms with E-state index in [9.17, 15) is 9.90 Å². The van der Waals surface area contributed by atoms with Gasteiger partial charge in [0.15, 0.2) is 18.9 Å². The standard InChI is InChI=1S/C16H18N2O3/c1-13(19)17-14-5-7-16(8-6-14)21-12-15(20)11-18-9-3-2-4-10-18/h2-10,15,20H,11-12H2,1H3/p+1. The molecule has 21 heavy (non-hydrogen) atoms. The van der Waals surface area contributed by atoms with Crippen molar-refractivity contribution in [2.45, 2.75) is 19.6 Å². The molecule has 0 bridgehead atoms. The van der Waals surface area contributed by atoms with Crippen LogP contribution in [0.1, 0.15) is 6.92 Å². The average molecular weight is 287 g/mol. The highest BCUT2D eigenvalue weighted by atomic mass is 16.5. The number of amides is 1. The second-order valence-corrected chi connectivity index (χ2v) is 4.74. The zero-order valence-electron chi connectivity index (χ0n) is 11.9. The summed E-state index contributed by atoms with van der Waals surface area (Å²) in [4.78, 5) is 10.9. The zero-order valence-corrected chi connectivity index (χ0v) is 11.9. The second kappa shape index (κ2) is 7.40. The molecule has 110 valence electrons. The van der Waals surface area contributed by atoms with E-state index in [1.807, 2.05) is 35.2 Å². The van der Waals surface area contributed by atoms with Crippen LogP contribution in [-0.2, 0) is 11.3 Å². The van der Waals surface area contributed by atoms with Gasteiger partial charge >= 0.3 is 0 Å². The van der Waals surface area contributed by atoms with E-state index in [0.29, 0.717) is 12.3 Å². The van der Waals surface area contributed by atoms with E-state index in [2.05, 4.69) is 5.32 Å². The minimum atomic E-state index is -0.590. The van der Waals surface area contributed by atoms with Crippen molar-refractivity contribution >= 4 is 11.6 Å². The maximum atomic E-state index is 10.9. The number of rotatable bonds is 6. The molecule has 1 amide bonds. The Morgan fingerprint density at radius 1 is 1.24 bits per heavy atom. The van der Waals surface area contributed by atoms with Gasteiger partial charge in [0.05, 0.1) is 0 Å². The first-order valence-corrected chi connectivity index (χ1v) is 6.76. The third-order valence-electron chi connectivity index (χ3n) is 2.82. The number of aliphatic hydroxyl groups excluding tert-OH is 1. The van der Waals surface area contributed by atoms with Crippen molar-refractivity contribution in [1.82, 2.24) is 0 Å². The number of aliphatic hydroxyl groups is 1. The molecule has 0 aliphatic rings. The summed E-state index contributed by atoms with van der Waals surface area (Å²) in [6.45, 7) is 2.15. The SMILES string of the molecule is CC(=O)Nc1ccc(OCC(O)C[n+]2ccccc2)cc1. The molecule has 2 rings (SSSR count). The lowest BCUT2D eigenvalue weighted by molar-refractivity contribution is -0.703. The Morgan fingerprint density at radius 3 is 2.52 bits per heavy atom. The van der Waals surface area contributed by atoms with Gasteiger partial charge in [0.25, 0.3) is 0 Å². The molecule has 2 aromatic rings. The van der Waals surface area contributed by atoms with Crippen LogP contribution < -0.4 is 14.6 Å². The summed E-state index contributed by atoms with van der Waals surface area (Å²) in [7, 11) is 0. The van der Waals surface area contributed by atoms with Crippen LogP contribution in [0.15, 0.2) is 54.9 Å². The van der Waals surface area contributed by atoms with Crippen LogP contribution in [0.5, 0.6) is 5.75 Å². The Kier molecular flexibility index (Phi) is 5.29. The Morgan fingerprint density at radius 2 is 1.90 bits per heavy atom. The normalized spacial score (nSPS) is 11.7. The van der Waals surface area contributed by atoms with Crippen LogP contribution in [0.25, 0.3) is 0 Å². The van der Waals surface area contributed by atoms with Crippen molar-refractivity contribution in [3.8, 4) is 5.75 Å². The van der Waals surface area contributed by atoms with Gasteiger partial charge in [-0.2, -0.15) is 0 Å². The summed E-state index contributed by atoms with van der Waals surface area (Å²) in [5, 5.41) is 12.6. The van der Waals surface area contributed by atoms with Gasteiger partial charge in [-0.15, -0.1) is 0 Å². The molecule has 0 radical (unpaired) electrons. The van der Waals surface area contributed by atoms with Gasteiger partial charge in [0.2, 0.25) is 5.91 Å². The molecule has 1 heterocycles. The number of carbonyl (C=O) groups is 1. The van der Waals surface area contributed by atoms with Gasteiger partial charge < -0.3 is 15.2 Å². The van der Waals surface area contributed by atoms with Gasteiger partial charge in [-0.25, -0.2) is 4.57 Å². The number of nitrogens with zero attached hydrogens (tertiary/aromatic N) is 1. The Hall–Kier alpha value is -2.40. The van der Waals surface area contributed by atoms with Gasteiger partial charge in [-0.3, -0.25) is 4.79 Å². The van der Waals surface area contributed by atoms with E-state index in [0.717, 1.165) is 5.69 Å². The predicted molar refractivity (Wildman–Crippen MR) is 78.9 cm³/mol. The number of hydrogen-bond donors (Lipinski definition) is 2. The lowest BCUT2D eigenvalue weighted by atomic mass is 10.3. The van der Waals surface area contributed by atoms with E-state index in [1.54, 1.807) is 24.3 Å². The fourth-order valence-electron chi connectivity index (χ4n) is 1.88. The first-order chi connectivity index (χ1) is 10.1. The highest BCUT2D eigenvalue weighted by Gasteiger charge is 2.11. The van der Waals surface area contributed by atoms with E-state index >= 15 is 0 Å². The van der Waals surface area contributed by atoms with Gasteiger partial charge in [-0.05, 0) is 24.3 Å². The summed E-state index contributed by atoms with van der Waals surface area (Å²) < 4.78 is 7.42. The molecule has 0 aliphatic carbocycles. The Labute approximate surface area is 123 Å². The monoisotopic (exact) mass is 287 g/mol. The van der Waals surface area contributed by atoms with Crippen LogP contribution in [0.2, 0.25) is 0 Å². The molecular formula is C16H19N2O3+. The summed E-state index contributed by atoms with van der Waals surface area (Å²) in [5.41, 5.74) is 0.718. The molecule has 0 saturated carbocycles. The number of aromatic nitrogens is 1. The molecular weight excluding hydrogens is 268 g/mol. The summed E-state index contributed by atoms with van der Waals surface area (Å²) >= 11 is 0. The van der Waals surface area contributed by atoms with E-state index < -0.39 is 6.10 Å². The first kappa shape index (κ1) is 15.0. The fraction of sp³-hybridized carbons (Fsp3) is 0.250. The number of pyridine rings is 1. The van der Waals surface area contributed by atoms with Crippen LogP contribution in [0, 0.1) is 0 Å². The molecule has 5 nitrogen and oxygen atoms in total. The quantitative estimate of drug-likeness (QED) is 0.789. The van der Waals surface area contributed by atoms with E-state index in [4.69, 9.17) is 4.74 Å². The Bertz CT molecular complexity index is 570. The highest BCUT2D eigenvalue weighted by molar-refractivity contribution is 5.88. The second-order valence-electron chi connectivity index (χ2n) is 4.74. The molecule has 0 saturated heterocycles. The smallest absolute Gasteiger partial charge is 0.221 e. The van der Waals surface area contributed by atoms with Crippen LogP contribution >= 0.6 is 0 Å². The van der Waals surface area contributed by atoms with Crippen LogP contribution in [-0.4, -0.2) is 23.7 Å². The average Bonchev–Trinajstić information content (AvgIpc) is 2.47. The minimum Gasteiger partial charge on any atom is -0.491 e. The zero-order chi connectivity index (χ0) is 15.1. The number of anilines is 1.